The Morgan fingerprint density at radius 2 is 1.80 bits per heavy atom. The normalized spacial score (nSPS) is 10.5. The lowest BCUT2D eigenvalue weighted by Gasteiger charge is -2.03. The third-order valence-electron chi connectivity index (χ3n) is 2.14. The molecule has 0 saturated heterocycles. The molecule has 0 aliphatic carbocycles. The average Bonchev–Trinajstić information content (AvgIpc) is 2.72. The summed E-state index contributed by atoms with van der Waals surface area (Å²) in [6.45, 7) is -0.416. The van der Waals surface area contributed by atoms with Gasteiger partial charge in [-0.15, -0.1) is 5.10 Å². The number of para-hydroxylation sites is 1. The van der Waals surface area contributed by atoms with Crippen molar-refractivity contribution >= 4 is 0 Å². The van der Waals surface area contributed by atoms with Crippen LogP contribution < -0.4 is 0 Å². The topological polar surface area (TPSA) is 71.2 Å². The fourth-order valence-corrected chi connectivity index (χ4v) is 1.39. The van der Waals surface area contributed by atoms with Crippen molar-refractivity contribution in [3.05, 3.63) is 41.7 Å². The van der Waals surface area contributed by atoms with Gasteiger partial charge in [-0.3, -0.25) is 0 Å². The highest BCUT2D eigenvalue weighted by atomic mass is 16.3. The maximum atomic E-state index is 9.17. The predicted molar refractivity (Wildman–Crippen MR) is 53.2 cm³/mol. The van der Waals surface area contributed by atoms with Crippen LogP contribution in [0.1, 0.15) is 11.4 Å². The molecule has 2 aromatic rings. The molecule has 0 atom stereocenters. The highest BCUT2D eigenvalue weighted by Crippen LogP contribution is 2.12. The van der Waals surface area contributed by atoms with Crippen LogP contribution >= 0.6 is 0 Å². The molecule has 2 N–H and O–H groups in total. The van der Waals surface area contributed by atoms with Crippen LogP contribution in [0.4, 0.5) is 0 Å². The molecule has 0 spiro atoms. The molecular weight excluding hydrogens is 194 g/mol. The van der Waals surface area contributed by atoms with Crippen molar-refractivity contribution in [1.29, 1.82) is 0 Å². The minimum Gasteiger partial charge on any atom is -0.390 e. The van der Waals surface area contributed by atoms with E-state index in [-0.39, 0.29) is 13.2 Å². The zero-order valence-corrected chi connectivity index (χ0v) is 8.04. The van der Waals surface area contributed by atoms with Gasteiger partial charge in [-0.2, -0.15) is 0 Å². The standard InChI is InChI=1S/C10H11N3O2/c14-6-9-10(7-15)13(12-11-9)8-4-2-1-3-5-8/h1-5,14-15H,6-7H2. The quantitative estimate of drug-likeness (QED) is 0.753. The molecule has 0 saturated carbocycles. The minimum absolute atomic E-state index is 0.197. The Bertz CT molecular complexity index is 439. The predicted octanol–water partition coefficient (Wildman–Crippen LogP) is 0.252. The van der Waals surface area contributed by atoms with Gasteiger partial charge in [0, 0.05) is 0 Å². The van der Waals surface area contributed by atoms with Gasteiger partial charge in [0.2, 0.25) is 0 Å². The van der Waals surface area contributed by atoms with E-state index < -0.39 is 0 Å². The van der Waals surface area contributed by atoms with Crippen molar-refractivity contribution in [3.8, 4) is 5.69 Å². The van der Waals surface area contributed by atoms with Gasteiger partial charge in [-0.1, -0.05) is 23.4 Å². The van der Waals surface area contributed by atoms with Crippen molar-refractivity contribution in [3.63, 3.8) is 0 Å². The number of benzene rings is 1. The minimum atomic E-state index is -0.220. The first-order valence-corrected chi connectivity index (χ1v) is 4.57. The molecule has 2 rings (SSSR count). The largest absolute Gasteiger partial charge is 0.390 e. The smallest absolute Gasteiger partial charge is 0.114 e. The van der Waals surface area contributed by atoms with E-state index in [1.807, 2.05) is 30.3 Å². The third-order valence-corrected chi connectivity index (χ3v) is 2.14. The summed E-state index contributed by atoms with van der Waals surface area (Å²) in [6.07, 6.45) is 0. The van der Waals surface area contributed by atoms with Crippen LogP contribution in [0.15, 0.2) is 30.3 Å². The van der Waals surface area contributed by atoms with Gasteiger partial charge in [-0.05, 0) is 12.1 Å². The van der Waals surface area contributed by atoms with E-state index in [2.05, 4.69) is 10.3 Å². The molecule has 1 aromatic heterocycles. The van der Waals surface area contributed by atoms with Gasteiger partial charge in [0.25, 0.3) is 0 Å². The molecule has 1 aromatic carbocycles. The molecule has 5 nitrogen and oxygen atoms in total. The SMILES string of the molecule is OCc1nnn(-c2ccccc2)c1CO. The molecular formula is C10H11N3O2. The first-order valence-electron chi connectivity index (χ1n) is 4.57. The summed E-state index contributed by atoms with van der Waals surface area (Å²) in [7, 11) is 0. The van der Waals surface area contributed by atoms with Crippen LogP contribution in [0.25, 0.3) is 5.69 Å². The monoisotopic (exact) mass is 205 g/mol. The van der Waals surface area contributed by atoms with Gasteiger partial charge in [0.1, 0.15) is 5.69 Å². The number of aliphatic hydroxyl groups is 2. The Morgan fingerprint density at radius 3 is 2.40 bits per heavy atom. The summed E-state index contributed by atoms with van der Waals surface area (Å²) >= 11 is 0. The maximum absolute atomic E-state index is 9.17. The van der Waals surface area contributed by atoms with Crippen molar-refractivity contribution in [1.82, 2.24) is 15.0 Å². The second-order valence-electron chi connectivity index (χ2n) is 3.05. The van der Waals surface area contributed by atoms with E-state index in [0.29, 0.717) is 11.4 Å². The summed E-state index contributed by atoms with van der Waals surface area (Å²) in [5.74, 6) is 0. The number of hydrogen-bond acceptors (Lipinski definition) is 4. The van der Waals surface area contributed by atoms with Crippen molar-refractivity contribution in [2.45, 2.75) is 13.2 Å². The highest BCUT2D eigenvalue weighted by molar-refractivity contribution is 5.32. The number of hydrogen-bond donors (Lipinski definition) is 2. The summed E-state index contributed by atoms with van der Waals surface area (Å²) in [5, 5.41) is 25.8. The number of nitrogens with zero attached hydrogens (tertiary/aromatic N) is 3. The number of rotatable bonds is 3. The average molecular weight is 205 g/mol. The Hall–Kier alpha value is -1.72. The number of aliphatic hydroxyl groups excluding tert-OH is 2. The van der Waals surface area contributed by atoms with E-state index in [0.717, 1.165) is 5.69 Å². The van der Waals surface area contributed by atoms with E-state index in [1.54, 1.807) is 0 Å². The van der Waals surface area contributed by atoms with Crippen LogP contribution in [0.2, 0.25) is 0 Å². The molecule has 0 fully saturated rings. The van der Waals surface area contributed by atoms with Gasteiger partial charge < -0.3 is 10.2 Å². The van der Waals surface area contributed by atoms with Crippen molar-refractivity contribution in [2.75, 3.05) is 0 Å². The zero-order chi connectivity index (χ0) is 10.7. The second kappa shape index (κ2) is 4.20. The first kappa shape index (κ1) is 9.82. The fourth-order valence-electron chi connectivity index (χ4n) is 1.39. The van der Waals surface area contributed by atoms with Crippen molar-refractivity contribution in [2.24, 2.45) is 0 Å². The first-order chi connectivity index (χ1) is 7.36. The molecule has 1 heterocycles. The van der Waals surface area contributed by atoms with Crippen molar-refractivity contribution < 1.29 is 10.2 Å². The molecule has 5 heteroatoms. The Kier molecular flexibility index (Phi) is 2.75. The lowest BCUT2D eigenvalue weighted by Crippen LogP contribution is -2.03. The van der Waals surface area contributed by atoms with Gasteiger partial charge in [-0.25, -0.2) is 4.68 Å². The molecule has 15 heavy (non-hydrogen) atoms. The van der Waals surface area contributed by atoms with Crippen LogP contribution in [0.3, 0.4) is 0 Å². The van der Waals surface area contributed by atoms with Crippen LogP contribution in [0, 0.1) is 0 Å². The van der Waals surface area contributed by atoms with Crippen LogP contribution in [0.5, 0.6) is 0 Å². The molecule has 78 valence electrons. The summed E-state index contributed by atoms with van der Waals surface area (Å²) in [6, 6.07) is 9.35. The molecule has 0 bridgehead atoms. The van der Waals surface area contributed by atoms with E-state index in [1.165, 1.54) is 4.68 Å². The van der Waals surface area contributed by atoms with Gasteiger partial charge >= 0.3 is 0 Å². The number of aromatic nitrogens is 3. The van der Waals surface area contributed by atoms with Gasteiger partial charge in [0.15, 0.2) is 0 Å². The van der Waals surface area contributed by atoms with E-state index >= 15 is 0 Å². The van der Waals surface area contributed by atoms with Crippen LogP contribution in [-0.4, -0.2) is 25.2 Å². The molecule has 0 aliphatic rings. The molecule has 0 radical (unpaired) electrons. The lowest BCUT2D eigenvalue weighted by atomic mass is 10.3. The summed E-state index contributed by atoms with van der Waals surface area (Å²) in [4.78, 5) is 0. The Labute approximate surface area is 86.6 Å². The molecule has 0 amide bonds. The molecule has 0 aliphatic heterocycles. The molecule has 0 unspecified atom stereocenters. The Balaban J connectivity index is 2.49. The highest BCUT2D eigenvalue weighted by Gasteiger charge is 2.11. The second-order valence-corrected chi connectivity index (χ2v) is 3.05. The fraction of sp³-hybridized carbons (Fsp3) is 0.200. The summed E-state index contributed by atoms with van der Waals surface area (Å²) in [5.41, 5.74) is 1.74. The Morgan fingerprint density at radius 1 is 1.07 bits per heavy atom. The zero-order valence-electron chi connectivity index (χ0n) is 8.04. The van der Waals surface area contributed by atoms with E-state index in [9.17, 15) is 0 Å². The summed E-state index contributed by atoms with van der Waals surface area (Å²) < 4.78 is 1.52. The lowest BCUT2D eigenvalue weighted by molar-refractivity contribution is 0.253. The van der Waals surface area contributed by atoms with E-state index in [4.69, 9.17) is 10.2 Å². The third kappa shape index (κ3) is 1.74. The van der Waals surface area contributed by atoms with Crippen LogP contribution in [-0.2, 0) is 13.2 Å². The maximum Gasteiger partial charge on any atom is 0.114 e. The van der Waals surface area contributed by atoms with Gasteiger partial charge in [0.05, 0.1) is 24.6 Å².